The fourth-order valence-corrected chi connectivity index (χ4v) is 4.50. The van der Waals surface area contributed by atoms with Gasteiger partial charge in [0.25, 0.3) is 0 Å². The van der Waals surface area contributed by atoms with Crippen LogP contribution in [0.1, 0.15) is 56.1 Å². The van der Waals surface area contributed by atoms with E-state index in [2.05, 4.69) is 17.2 Å². The lowest BCUT2D eigenvalue weighted by Gasteiger charge is -2.24. The molecule has 1 N–H and O–H groups in total. The Morgan fingerprint density at radius 2 is 2.12 bits per heavy atom. The van der Waals surface area contributed by atoms with E-state index in [1.54, 1.807) is 19.3 Å². The van der Waals surface area contributed by atoms with Crippen molar-refractivity contribution in [1.82, 2.24) is 14.4 Å². The number of anilines is 1. The first-order valence-electron chi connectivity index (χ1n) is 10.8. The monoisotopic (exact) mass is 440 g/mol. The van der Waals surface area contributed by atoms with Gasteiger partial charge in [0.05, 0.1) is 35.8 Å². The van der Waals surface area contributed by atoms with Crippen LogP contribution in [0.5, 0.6) is 5.75 Å². The van der Waals surface area contributed by atoms with Crippen molar-refractivity contribution in [3.63, 3.8) is 0 Å². The number of halogens is 1. The second kappa shape index (κ2) is 8.50. The van der Waals surface area contributed by atoms with Crippen LogP contribution in [0.4, 0.5) is 10.2 Å². The Hall–Kier alpha value is -3.00. The van der Waals surface area contributed by atoms with Crippen LogP contribution in [-0.4, -0.2) is 46.0 Å². The molecule has 1 saturated heterocycles. The van der Waals surface area contributed by atoms with Gasteiger partial charge in [0.1, 0.15) is 23.0 Å². The Balaban J connectivity index is 0.000000230. The van der Waals surface area contributed by atoms with E-state index in [1.807, 2.05) is 30.5 Å². The maximum atomic E-state index is 12.1. The number of nitrogens with one attached hydrogen (secondary N) is 1. The van der Waals surface area contributed by atoms with Gasteiger partial charge in [-0.2, -0.15) is 0 Å². The van der Waals surface area contributed by atoms with E-state index in [-0.39, 0.29) is 22.9 Å². The minimum atomic E-state index is -0.311. The summed E-state index contributed by atoms with van der Waals surface area (Å²) in [5, 5.41) is 2.78. The predicted octanol–water partition coefficient (Wildman–Crippen LogP) is 4.41. The van der Waals surface area contributed by atoms with E-state index in [4.69, 9.17) is 14.5 Å². The number of hydrogen-bond acceptors (Lipinski definition) is 6. The molecule has 1 aliphatic carbocycles. The van der Waals surface area contributed by atoms with Crippen molar-refractivity contribution in [3.8, 4) is 5.75 Å². The molecular formula is C24H29FN4O3. The minimum absolute atomic E-state index is 0.00960. The van der Waals surface area contributed by atoms with Crippen LogP contribution in [0, 0.1) is 5.82 Å². The minimum Gasteiger partial charge on any atom is -0.490 e. The van der Waals surface area contributed by atoms with Gasteiger partial charge in [-0.15, -0.1) is 0 Å². The molecule has 3 aromatic heterocycles. The molecule has 32 heavy (non-hydrogen) atoms. The van der Waals surface area contributed by atoms with Crippen molar-refractivity contribution >= 4 is 17.8 Å². The Kier molecular flexibility index (Phi) is 5.90. The second-order valence-electron chi connectivity index (χ2n) is 9.08. The number of carbonyl (C=O) groups excluding carboxylic acids is 1. The fourth-order valence-electron chi connectivity index (χ4n) is 4.50. The summed E-state index contributed by atoms with van der Waals surface area (Å²) >= 11 is 0. The summed E-state index contributed by atoms with van der Waals surface area (Å²) in [6.07, 6.45) is 9.10. The summed E-state index contributed by atoms with van der Waals surface area (Å²) in [6.45, 7) is 6.83. The molecule has 2 atom stereocenters. The molecule has 0 amide bonds. The standard InChI is InChI=1S/C18H22N2O3.C6H7FN2/c1-12(2)23-14-6-16-19-15(8-20(16)7-13(14)9-21)18-5-4-17(3,10-18)22-11-18;1-8-6-3-2-5(7)4-9-6/h6-9,12H,4-5,10-11H2,1-3H3;2-4H,1H3,(H,8,9). The van der Waals surface area contributed by atoms with Crippen molar-refractivity contribution in [3.05, 3.63) is 53.9 Å². The first-order valence-corrected chi connectivity index (χ1v) is 10.8. The molecule has 2 unspecified atom stereocenters. The quantitative estimate of drug-likeness (QED) is 0.593. The number of hydrogen-bond donors (Lipinski definition) is 1. The molecule has 8 heteroatoms. The zero-order chi connectivity index (χ0) is 22.9. The van der Waals surface area contributed by atoms with E-state index in [9.17, 15) is 9.18 Å². The van der Waals surface area contributed by atoms with Crippen LogP contribution in [-0.2, 0) is 10.2 Å². The zero-order valence-corrected chi connectivity index (χ0v) is 18.9. The lowest BCUT2D eigenvalue weighted by molar-refractivity contribution is -0.00627. The van der Waals surface area contributed by atoms with Gasteiger partial charge in [0.2, 0.25) is 0 Å². The Labute approximate surface area is 187 Å². The number of carbonyl (C=O) groups is 1. The average molecular weight is 441 g/mol. The van der Waals surface area contributed by atoms with Gasteiger partial charge >= 0.3 is 0 Å². The molecule has 0 aromatic carbocycles. The molecule has 4 heterocycles. The number of imidazole rings is 1. The van der Waals surface area contributed by atoms with Crippen molar-refractivity contribution in [1.29, 1.82) is 0 Å². The van der Waals surface area contributed by atoms with Crippen molar-refractivity contribution < 1.29 is 18.7 Å². The highest BCUT2D eigenvalue weighted by atomic mass is 19.1. The number of rotatable bonds is 5. The van der Waals surface area contributed by atoms with Crippen LogP contribution in [0.25, 0.3) is 5.65 Å². The maximum absolute atomic E-state index is 12.1. The largest absolute Gasteiger partial charge is 0.490 e. The fraction of sp³-hybridized carbons (Fsp3) is 0.458. The number of pyridine rings is 2. The predicted molar refractivity (Wildman–Crippen MR) is 120 cm³/mol. The van der Waals surface area contributed by atoms with Gasteiger partial charge in [-0.25, -0.2) is 14.4 Å². The molecule has 2 aliphatic rings. The molecular weight excluding hydrogens is 411 g/mol. The molecule has 1 aliphatic heterocycles. The first-order chi connectivity index (χ1) is 15.3. The van der Waals surface area contributed by atoms with Crippen molar-refractivity contribution in [2.24, 2.45) is 0 Å². The van der Waals surface area contributed by atoms with Crippen LogP contribution in [0.3, 0.4) is 0 Å². The Morgan fingerprint density at radius 1 is 1.31 bits per heavy atom. The summed E-state index contributed by atoms with van der Waals surface area (Å²) < 4.78 is 25.8. The molecule has 5 rings (SSSR count). The van der Waals surface area contributed by atoms with Crippen LogP contribution >= 0.6 is 0 Å². The summed E-state index contributed by atoms with van der Waals surface area (Å²) in [5.74, 6) is 0.960. The number of fused-ring (bicyclic) bond motifs is 3. The average Bonchev–Trinajstić information content (AvgIpc) is 3.44. The Bertz CT molecular complexity index is 1100. The van der Waals surface area contributed by atoms with E-state index in [1.165, 1.54) is 12.3 Å². The van der Waals surface area contributed by atoms with Crippen molar-refractivity contribution in [2.45, 2.75) is 57.2 Å². The normalized spacial score (nSPS) is 23.8. The molecule has 3 aromatic rings. The smallest absolute Gasteiger partial charge is 0.155 e. The third-order valence-corrected chi connectivity index (χ3v) is 6.14. The van der Waals surface area contributed by atoms with E-state index >= 15 is 0 Å². The third-order valence-electron chi connectivity index (χ3n) is 6.14. The van der Waals surface area contributed by atoms with Gasteiger partial charge in [-0.3, -0.25) is 4.79 Å². The maximum Gasteiger partial charge on any atom is 0.155 e. The molecule has 0 spiro atoms. The number of aldehydes is 1. The van der Waals surface area contributed by atoms with E-state index in [0.29, 0.717) is 17.1 Å². The van der Waals surface area contributed by atoms with Gasteiger partial charge in [0, 0.05) is 30.9 Å². The van der Waals surface area contributed by atoms with Crippen LogP contribution < -0.4 is 10.1 Å². The third kappa shape index (κ3) is 4.32. The highest BCUT2D eigenvalue weighted by molar-refractivity contribution is 5.80. The van der Waals surface area contributed by atoms with Crippen LogP contribution in [0.2, 0.25) is 0 Å². The second-order valence-corrected chi connectivity index (χ2v) is 9.08. The Morgan fingerprint density at radius 3 is 2.66 bits per heavy atom. The molecule has 2 bridgehead atoms. The molecule has 0 radical (unpaired) electrons. The summed E-state index contributed by atoms with van der Waals surface area (Å²) in [7, 11) is 1.74. The lowest BCUT2D eigenvalue weighted by atomic mass is 9.84. The summed E-state index contributed by atoms with van der Waals surface area (Å²) in [4.78, 5) is 19.9. The van der Waals surface area contributed by atoms with Gasteiger partial charge in [-0.1, -0.05) is 0 Å². The zero-order valence-electron chi connectivity index (χ0n) is 18.9. The number of ether oxygens (including phenoxy) is 2. The van der Waals surface area contributed by atoms with Crippen molar-refractivity contribution in [2.75, 3.05) is 19.0 Å². The van der Waals surface area contributed by atoms with Gasteiger partial charge < -0.3 is 19.2 Å². The topological polar surface area (TPSA) is 77.8 Å². The van der Waals surface area contributed by atoms with E-state index < -0.39 is 0 Å². The SMILES string of the molecule is CC(C)Oc1cc2nc(C34CCC(C)(C3)OC4)cn2cc1C=O.CNc1ccc(F)cn1. The number of nitrogens with zero attached hydrogens (tertiary/aromatic N) is 3. The first kappa shape index (κ1) is 22.2. The van der Waals surface area contributed by atoms with Crippen LogP contribution in [0.15, 0.2) is 36.8 Å². The lowest BCUT2D eigenvalue weighted by Crippen LogP contribution is -2.26. The summed E-state index contributed by atoms with van der Waals surface area (Å²) in [6, 6.07) is 4.79. The molecule has 2 fully saturated rings. The highest BCUT2D eigenvalue weighted by Gasteiger charge is 2.55. The number of aromatic nitrogens is 3. The van der Waals surface area contributed by atoms with Gasteiger partial charge in [0.15, 0.2) is 6.29 Å². The molecule has 7 nitrogen and oxygen atoms in total. The highest BCUT2D eigenvalue weighted by Crippen LogP contribution is 2.53. The molecule has 1 saturated carbocycles. The summed E-state index contributed by atoms with van der Waals surface area (Å²) in [5.41, 5.74) is 2.47. The molecule has 170 valence electrons. The van der Waals surface area contributed by atoms with E-state index in [0.717, 1.165) is 43.5 Å². The van der Waals surface area contributed by atoms with Gasteiger partial charge in [-0.05, 0) is 52.2 Å².